The molecular formula is C29H18Cl2N2O4S. The Morgan fingerprint density at radius 3 is 2.55 bits per heavy atom. The summed E-state index contributed by atoms with van der Waals surface area (Å²) in [6.45, 7) is 0. The van der Waals surface area contributed by atoms with Crippen LogP contribution in [-0.4, -0.2) is 11.0 Å². The number of para-hydroxylation sites is 1. The first kappa shape index (κ1) is 25.5. The minimum atomic E-state index is -0.451. The van der Waals surface area contributed by atoms with Crippen molar-refractivity contribution in [1.29, 1.82) is 0 Å². The SMILES string of the molecule is O=C(C=Cc1ccc(-c2cccc(Cl)c2Cl)o1)NC(=S)Nc1cccc(-c2cc3ccccc3oc2=O)c1. The summed E-state index contributed by atoms with van der Waals surface area (Å²) >= 11 is 17.6. The van der Waals surface area contributed by atoms with Crippen molar-refractivity contribution in [3.63, 3.8) is 0 Å². The Morgan fingerprint density at radius 1 is 0.868 bits per heavy atom. The van der Waals surface area contributed by atoms with Crippen LogP contribution in [0.15, 0.2) is 105 Å². The molecule has 0 spiro atoms. The van der Waals surface area contributed by atoms with E-state index in [9.17, 15) is 9.59 Å². The zero-order valence-corrected chi connectivity index (χ0v) is 21.9. The number of carbonyl (C=O) groups excluding carboxylic acids is 1. The van der Waals surface area contributed by atoms with Crippen molar-refractivity contribution in [2.75, 3.05) is 5.32 Å². The Kier molecular flexibility index (Phi) is 7.42. The fourth-order valence-corrected chi connectivity index (χ4v) is 4.39. The molecule has 0 aliphatic carbocycles. The van der Waals surface area contributed by atoms with Gasteiger partial charge < -0.3 is 14.2 Å². The quantitative estimate of drug-likeness (QED) is 0.131. The number of amides is 1. The second-order valence-corrected chi connectivity index (χ2v) is 9.34. The Balaban J connectivity index is 1.24. The maximum Gasteiger partial charge on any atom is 0.344 e. The van der Waals surface area contributed by atoms with E-state index in [-0.39, 0.29) is 5.11 Å². The number of fused-ring (bicyclic) bond motifs is 1. The predicted molar refractivity (Wildman–Crippen MR) is 155 cm³/mol. The predicted octanol–water partition coefficient (Wildman–Crippen LogP) is 7.55. The molecule has 1 amide bonds. The molecule has 0 radical (unpaired) electrons. The molecule has 5 rings (SSSR count). The molecule has 0 bridgehead atoms. The van der Waals surface area contributed by atoms with Crippen LogP contribution in [0, 0.1) is 0 Å². The highest BCUT2D eigenvalue weighted by Crippen LogP contribution is 2.34. The third-order valence-corrected chi connectivity index (χ3v) is 6.58. The van der Waals surface area contributed by atoms with Gasteiger partial charge in [-0.2, -0.15) is 0 Å². The molecule has 38 heavy (non-hydrogen) atoms. The summed E-state index contributed by atoms with van der Waals surface area (Å²) in [4.78, 5) is 24.9. The lowest BCUT2D eigenvalue weighted by molar-refractivity contribution is -0.115. The number of anilines is 1. The molecule has 0 saturated carbocycles. The number of thiocarbonyl (C=S) groups is 1. The highest BCUT2D eigenvalue weighted by atomic mass is 35.5. The first-order valence-corrected chi connectivity index (χ1v) is 12.5. The van der Waals surface area contributed by atoms with Crippen molar-refractivity contribution in [2.45, 2.75) is 0 Å². The molecule has 0 atom stereocenters. The van der Waals surface area contributed by atoms with E-state index < -0.39 is 11.5 Å². The van der Waals surface area contributed by atoms with Crippen LogP contribution in [-0.2, 0) is 4.79 Å². The second kappa shape index (κ2) is 11.1. The molecule has 0 fully saturated rings. The maximum atomic E-state index is 12.5. The molecule has 6 nitrogen and oxygen atoms in total. The first-order valence-electron chi connectivity index (χ1n) is 11.3. The van der Waals surface area contributed by atoms with Gasteiger partial charge in [-0.25, -0.2) is 4.79 Å². The van der Waals surface area contributed by atoms with Gasteiger partial charge in [0.05, 0.1) is 15.6 Å². The lowest BCUT2D eigenvalue weighted by Crippen LogP contribution is -2.32. The standard InChI is InChI=1S/C29H18Cl2N2O4S/c30-23-9-4-8-21(27(23)31)25-13-11-20(36-25)12-14-26(34)33-29(38)32-19-7-3-6-17(15-19)22-16-18-5-1-2-10-24(18)37-28(22)35/h1-16H,(H2,32,33,34,38). The maximum absolute atomic E-state index is 12.5. The van der Waals surface area contributed by atoms with Crippen molar-refractivity contribution in [3.8, 4) is 22.5 Å². The molecule has 188 valence electrons. The Bertz CT molecular complexity index is 1770. The second-order valence-electron chi connectivity index (χ2n) is 8.15. The fraction of sp³-hybridized carbons (Fsp3) is 0. The van der Waals surface area contributed by atoms with E-state index in [1.54, 1.807) is 66.7 Å². The molecule has 0 unspecified atom stereocenters. The average Bonchev–Trinajstić information content (AvgIpc) is 3.37. The van der Waals surface area contributed by atoms with Gasteiger partial charge >= 0.3 is 5.63 Å². The topological polar surface area (TPSA) is 84.5 Å². The van der Waals surface area contributed by atoms with E-state index in [0.717, 1.165) is 5.39 Å². The van der Waals surface area contributed by atoms with Crippen molar-refractivity contribution < 1.29 is 13.6 Å². The van der Waals surface area contributed by atoms with Gasteiger partial charge in [0.2, 0.25) is 5.91 Å². The Hall–Kier alpha value is -4.17. The van der Waals surface area contributed by atoms with Crippen molar-refractivity contribution in [2.24, 2.45) is 0 Å². The van der Waals surface area contributed by atoms with E-state index >= 15 is 0 Å². The largest absolute Gasteiger partial charge is 0.457 e. The zero-order chi connectivity index (χ0) is 26.6. The van der Waals surface area contributed by atoms with E-state index in [2.05, 4.69) is 10.6 Å². The van der Waals surface area contributed by atoms with Gasteiger partial charge in [0.15, 0.2) is 5.11 Å². The summed E-state index contributed by atoms with van der Waals surface area (Å²) in [6.07, 6.45) is 2.81. The number of furan rings is 1. The van der Waals surface area contributed by atoms with Crippen LogP contribution in [0.5, 0.6) is 0 Å². The lowest BCUT2D eigenvalue weighted by Gasteiger charge is -2.10. The average molecular weight is 561 g/mol. The summed E-state index contributed by atoms with van der Waals surface area (Å²) in [5, 5.41) is 7.25. The smallest absolute Gasteiger partial charge is 0.344 e. The van der Waals surface area contributed by atoms with Crippen molar-refractivity contribution in [1.82, 2.24) is 5.32 Å². The van der Waals surface area contributed by atoms with Crippen LogP contribution < -0.4 is 16.3 Å². The summed E-state index contributed by atoms with van der Waals surface area (Å²) in [7, 11) is 0. The van der Waals surface area contributed by atoms with Crippen LogP contribution in [0.1, 0.15) is 5.76 Å². The summed E-state index contributed by atoms with van der Waals surface area (Å²) in [6, 6.07) is 24.9. The lowest BCUT2D eigenvalue weighted by atomic mass is 10.1. The molecule has 2 heterocycles. The Labute approximate surface area is 232 Å². The van der Waals surface area contributed by atoms with Crippen LogP contribution >= 0.6 is 35.4 Å². The Morgan fingerprint density at radius 2 is 1.68 bits per heavy atom. The zero-order valence-electron chi connectivity index (χ0n) is 19.5. The molecule has 5 aromatic rings. The summed E-state index contributed by atoms with van der Waals surface area (Å²) in [5.74, 6) is 0.523. The monoisotopic (exact) mass is 560 g/mol. The molecule has 2 N–H and O–H groups in total. The molecule has 2 aromatic heterocycles. The van der Waals surface area contributed by atoms with Gasteiger partial charge in [0.25, 0.3) is 0 Å². The van der Waals surface area contributed by atoms with E-state index in [4.69, 9.17) is 44.3 Å². The molecule has 3 aromatic carbocycles. The van der Waals surface area contributed by atoms with Crippen LogP contribution in [0.2, 0.25) is 10.0 Å². The van der Waals surface area contributed by atoms with Crippen LogP contribution in [0.4, 0.5) is 5.69 Å². The van der Waals surface area contributed by atoms with Crippen molar-refractivity contribution in [3.05, 3.63) is 117 Å². The number of hydrogen-bond donors (Lipinski definition) is 2. The van der Waals surface area contributed by atoms with Gasteiger partial charge in [0, 0.05) is 22.7 Å². The van der Waals surface area contributed by atoms with Gasteiger partial charge in [-0.05, 0) is 72.4 Å². The minimum absolute atomic E-state index is 0.0909. The van der Waals surface area contributed by atoms with E-state index in [1.807, 2.05) is 18.2 Å². The minimum Gasteiger partial charge on any atom is -0.457 e. The molecular weight excluding hydrogens is 543 g/mol. The number of halogens is 2. The van der Waals surface area contributed by atoms with E-state index in [1.165, 1.54) is 12.2 Å². The highest BCUT2D eigenvalue weighted by Gasteiger charge is 2.11. The third kappa shape index (κ3) is 5.70. The molecule has 0 aliphatic heterocycles. The number of rotatable bonds is 5. The van der Waals surface area contributed by atoms with Crippen LogP contribution in [0.25, 0.3) is 39.5 Å². The summed E-state index contributed by atoms with van der Waals surface area (Å²) < 4.78 is 11.2. The number of carbonyl (C=O) groups is 1. The normalized spacial score (nSPS) is 11.1. The van der Waals surface area contributed by atoms with Crippen LogP contribution in [0.3, 0.4) is 0 Å². The number of nitrogens with one attached hydrogen (secondary N) is 2. The fourth-order valence-electron chi connectivity index (χ4n) is 3.78. The summed E-state index contributed by atoms with van der Waals surface area (Å²) in [5.41, 5.74) is 2.39. The van der Waals surface area contributed by atoms with E-state index in [0.29, 0.717) is 49.5 Å². The van der Waals surface area contributed by atoms with Crippen molar-refractivity contribution >= 4 is 69.2 Å². The third-order valence-electron chi connectivity index (χ3n) is 5.55. The van der Waals surface area contributed by atoms with Gasteiger partial charge in [-0.15, -0.1) is 0 Å². The molecule has 9 heteroatoms. The van der Waals surface area contributed by atoms with Gasteiger partial charge in [-0.3, -0.25) is 10.1 Å². The first-order chi connectivity index (χ1) is 18.4. The highest BCUT2D eigenvalue weighted by molar-refractivity contribution is 7.80. The number of hydrogen-bond acceptors (Lipinski definition) is 5. The van der Waals surface area contributed by atoms with Gasteiger partial charge in [-0.1, -0.05) is 59.6 Å². The number of benzene rings is 3. The van der Waals surface area contributed by atoms with Gasteiger partial charge in [0.1, 0.15) is 17.1 Å². The molecule has 0 saturated heterocycles. The molecule has 0 aliphatic rings.